The molecular formula is C27H50OS. The molecule has 1 heterocycles. The maximum atomic E-state index is 5.25. The summed E-state index contributed by atoms with van der Waals surface area (Å²) in [5, 5.41) is 0. The van der Waals surface area contributed by atoms with Gasteiger partial charge in [0.05, 0.1) is 0 Å². The van der Waals surface area contributed by atoms with Crippen molar-refractivity contribution >= 4 is 17.3 Å². The summed E-state index contributed by atoms with van der Waals surface area (Å²) in [4.78, 5) is 0. The molecule has 0 spiro atoms. The van der Waals surface area contributed by atoms with Crippen molar-refractivity contribution in [1.82, 2.24) is 0 Å². The van der Waals surface area contributed by atoms with Gasteiger partial charge in [-0.1, -0.05) is 76.1 Å². The molecular weight excluding hydrogens is 372 g/mol. The molecule has 2 rings (SSSR count). The third-order valence-electron chi connectivity index (χ3n) is 4.30. The number of thioether (sulfide) groups is 1. The van der Waals surface area contributed by atoms with E-state index in [1.807, 2.05) is 39.5 Å². The van der Waals surface area contributed by atoms with Crippen molar-refractivity contribution in [2.75, 3.05) is 25.2 Å². The summed E-state index contributed by atoms with van der Waals surface area (Å²) in [7, 11) is 0. The predicted molar refractivity (Wildman–Crippen MR) is 140 cm³/mol. The van der Waals surface area contributed by atoms with Crippen molar-refractivity contribution in [3.05, 3.63) is 53.6 Å². The lowest BCUT2D eigenvalue weighted by molar-refractivity contribution is 0.0303. The van der Waals surface area contributed by atoms with Crippen LogP contribution in [0.25, 0.3) is 5.57 Å². The fourth-order valence-corrected chi connectivity index (χ4v) is 1.97. The molecule has 0 N–H and O–H groups in total. The maximum Gasteiger partial charge on any atom is 0.0494 e. The molecule has 0 bridgehead atoms. The lowest BCUT2D eigenvalue weighted by Crippen LogP contribution is -2.22. The average Bonchev–Trinajstić information content (AvgIpc) is 2.72. The van der Waals surface area contributed by atoms with E-state index in [9.17, 15) is 0 Å². The van der Waals surface area contributed by atoms with Crippen molar-refractivity contribution < 1.29 is 4.74 Å². The molecule has 0 radical (unpaired) electrons. The van der Waals surface area contributed by atoms with Crippen LogP contribution in [0.15, 0.2) is 42.5 Å². The smallest absolute Gasteiger partial charge is 0.0494 e. The van der Waals surface area contributed by atoms with Crippen molar-refractivity contribution in [2.45, 2.75) is 75.7 Å². The van der Waals surface area contributed by atoms with Crippen molar-refractivity contribution in [2.24, 2.45) is 11.8 Å². The summed E-state index contributed by atoms with van der Waals surface area (Å²) in [5.41, 5.74) is 5.14. The van der Waals surface area contributed by atoms with Gasteiger partial charge in [0, 0.05) is 13.2 Å². The van der Waals surface area contributed by atoms with Gasteiger partial charge in [0.1, 0.15) is 0 Å². The maximum absolute atomic E-state index is 5.25. The van der Waals surface area contributed by atoms with Gasteiger partial charge in [-0.2, -0.15) is 11.8 Å². The molecule has 29 heavy (non-hydrogen) atoms. The first kappa shape index (κ1) is 32.7. The predicted octanol–water partition coefficient (Wildman–Crippen LogP) is 9.08. The van der Waals surface area contributed by atoms with Crippen molar-refractivity contribution in [3.8, 4) is 0 Å². The number of ether oxygens (including phenoxy) is 1. The molecule has 0 aliphatic carbocycles. The summed E-state index contributed by atoms with van der Waals surface area (Å²) >= 11 is 1.86. The van der Waals surface area contributed by atoms with Crippen LogP contribution in [-0.4, -0.2) is 25.2 Å². The van der Waals surface area contributed by atoms with Crippen LogP contribution in [0, 0.1) is 18.8 Å². The monoisotopic (exact) mass is 422 g/mol. The standard InChI is InChI=1S/C11H14.C7H14O.C4H8.C3H8S.C2H6/c1-4-10(3)11-7-5-9(2)6-8-11;1-6-3-4-8-5-7(6)2;1-4(2)3;1-3-4-2;1-2/h4-8H,1-3H3;6-7H,3-5H2,1-2H3;1H2,2-3H3;3H2,1-2H3;1-2H3/b10-4+;;;;/t;6?,7-;;;/m.0.../s1. The van der Waals surface area contributed by atoms with Crippen LogP contribution in [0.3, 0.4) is 0 Å². The molecule has 0 amide bonds. The summed E-state index contributed by atoms with van der Waals surface area (Å²) < 4.78 is 5.25. The molecule has 2 atom stereocenters. The number of rotatable bonds is 2. The molecule has 0 aromatic heterocycles. The summed E-state index contributed by atoms with van der Waals surface area (Å²) in [6.45, 7) is 26.4. The molecule has 2 heteroatoms. The summed E-state index contributed by atoms with van der Waals surface area (Å²) in [6.07, 6.45) is 5.48. The number of hydrogen-bond acceptors (Lipinski definition) is 2. The Morgan fingerprint density at radius 2 is 1.55 bits per heavy atom. The van der Waals surface area contributed by atoms with Crippen LogP contribution in [-0.2, 0) is 4.74 Å². The lowest BCUT2D eigenvalue weighted by atomic mass is 9.92. The Morgan fingerprint density at radius 3 is 1.83 bits per heavy atom. The Hall–Kier alpha value is -0.990. The normalized spacial score (nSPS) is 17.6. The Kier molecular flexibility index (Phi) is 26.2. The molecule has 1 aromatic carbocycles. The third kappa shape index (κ3) is 23.2. The van der Waals surface area contributed by atoms with Gasteiger partial charge in [-0.25, -0.2) is 0 Å². The van der Waals surface area contributed by atoms with Gasteiger partial charge in [0.25, 0.3) is 0 Å². The first-order chi connectivity index (χ1) is 13.7. The van der Waals surface area contributed by atoms with Gasteiger partial charge < -0.3 is 4.74 Å². The van der Waals surface area contributed by atoms with Gasteiger partial charge in [-0.3, -0.25) is 0 Å². The van der Waals surface area contributed by atoms with Gasteiger partial charge in [0.2, 0.25) is 0 Å². The van der Waals surface area contributed by atoms with Crippen molar-refractivity contribution in [1.29, 1.82) is 0 Å². The van der Waals surface area contributed by atoms with Gasteiger partial charge in [-0.15, -0.1) is 6.58 Å². The Labute approximate surface area is 188 Å². The van der Waals surface area contributed by atoms with Crippen LogP contribution < -0.4 is 0 Å². The van der Waals surface area contributed by atoms with Crippen molar-refractivity contribution in [3.63, 3.8) is 0 Å². The number of allylic oxidation sites excluding steroid dienone is 3. The first-order valence-electron chi connectivity index (χ1n) is 11.1. The quantitative estimate of drug-likeness (QED) is 0.439. The second kappa shape index (κ2) is 23.3. The van der Waals surface area contributed by atoms with Crippen LogP contribution in [0.2, 0.25) is 0 Å². The first-order valence-corrected chi connectivity index (χ1v) is 12.5. The van der Waals surface area contributed by atoms with E-state index in [2.05, 4.69) is 84.7 Å². The topological polar surface area (TPSA) is 9.23 Å². The van der Waals surface area contributed by atoms with Crippen LogP contribution in [0.4, 0.5) is 0 Å². The highest BCUT2D eigenvalue weighted by Crippen LogP contribution is 2.19. The average molecular weight is 423 g/mol. The van der Waals surface area contributed by atoms with E-state index in [-0.39, 0.29) is 0 Å². The molecule has 1 aromatic rings. The van der Waals surface area contributed by atoms with E-state index in [1.165, 1.54) is 34.4 Å². The summed E-state index contributed by atoms with van der Waals surface area (Å²) in [5.74, 6) is 2.90. The second-order valence-corrected chi connectivity index (χ2v) is 8.60. The molecule has 1 fully saturated rings. The van der Waals surface area contributed by atoms with E-state index in [4.69, 9.17) is 4.74 Å². The molecule has 1 aliphatic rings. The van der Waals surface area contributed by atoms with E-state index < -0.39 is 0 Å². The highest BCUT2D eigenvalue weighted by Gasteiger charge is 2.16. The van der Waals surface area contributed by atoms with Crippen LogP contribution in [0.1, 0.15) is 79.9 Å². The minimum absolute atomic E-state index is 0.781. The Morgan fingerprint density at radius 1 is 1.10 bits per heavy atom. The molecule has 1 unspecified atom stereocenters. The largest absolute Gasteiger partial charge is 0.381 e. The molecule has 0 saturated carbocycles. The number of benzene rings is 1. The minimum Gasteiger partial charge on any atom is -0.381 e. The van der Waals surface area contributed by atoms with Gasteiger partial charge in [-0.05, 0) is 76.0 Å². The van der Waals surface area contributed by atoms with Crippen LogP contribution in [0.5, 0.6) is 0 Å². The Balaban J connectivity index is -0.000000330. The molecule has 1 aliphatic heterocycles. The number of aryl methyl sites for hydroxylation is 1. The van der Waals surface area contributed by atoms with E-state index >= 15 is 0 Å². The molecule has 1 nitrogen and oxygen atoms in total. The van der Waals surface area contributed by atoms with Gasteiger partial charge in [0.15, 0.2) is 0 Å². The van der Waals surface area contributed by atoms with E-state index in [0.29, 0.717) is 0 Å². The van der Waals surface area contributed by atoms with Gasteiger partial charge >= 0.3 is 0 Å². The van der Waals surface area contributed by atoms with E-state index in [1.54, 1.807) is 0 Å². The van der Waals surface area contributed by atoms with Crippen LogP contribution >= 0.6 is 11.8 Å². The Bertz CT molecular complexity index is 486. The second-order valence-electron chi connectivity index (χ2n) is 7.44. The highest BCUT2D eigenvalue weighted by atomic mass is 32.2. The summed E-state index contributed by atoms with van der Waals surface area (Å²) in [6, 6.07) is 8.60. The lowest BCUT2D eigenvalue weighted by Gasteiger charge is -2.24. The SMILES string of the molecule is C/C=C(\C)c1ccc(C)cc1.C=C(C)C.CC.CC1CCOC[C@@H]1C.CCSC. The zero-order valence-electron chi connectivity index (χ0n) is 21.4. The highest BCUT2D eigenvalue weighted by molar-refractivity contribution is 7.98. The number of hydrogen-bond donors (Lipinski definition) is 0. The molecule has 1 saturated heterocycles. The minimum atomic E-state index is 0.781. The zero-order chi connectivity index (χ0) is 23.2. The zero-order valence-corrected chi connectivity index (χ0v) is 22.2. The fourth-order valence-electron chi connectivity index (χ4n) is 1.97. The van der Waals surface area contributed by atoms with E-state index in [0.717, 1.165) is 25.0 Å². The molecule has 170 valence electrons. The third-order valence-corrected chi connectivity index (χ3v) is 4.88. The fraction of sp³-hybridized carbons (Fsp3) is 0.630.